The highest BCUT2D eigenvalue weighted by atomic mass is 15.2. The van der Waals surface area contributed by atoms with Gasteiger partial charge in [-0.2, -0.15) is 0 Å². The summed E-state index contributed by atoms with van der Waals surface area (Å²) in [5.74, 6) is 4.18. The number of nitrogens with zero attached hydrogens (tertiary/aromatic N) is 1. The zero-order valence-electron chi connectivity index (χ0n) is 12.5. The summed E-state index contributed by atoms with van der Waals surface area (Å²) in [4.78, 5) is 2.93. The van der Waals surface area contributed by atoms with Crippen LogP contribution in [0.5, 0.6) is 0 Å². The van der Waals surface area contributed by atoms with Gasteiger partial charge >= 0.3 is 0 Å². The lowest BCUT2D eigenvalue weighted by molar-refractivity contribution is -0.0908. The summed E-state index contributed by atoms with van der Waals surface area (Å²) in [5, 5.41) is 3.55. The van der Waals surface area contributed by atoms with Crippen LogP contribution in [0.15, 0.2) is 0 Å². The molecule has 5 aliphatic rings. The number of hydrogen-bond acceptors (Lipinski definition) is 2. The van der Waals surface area contributed by atoms with Gasteiger partial charge in [-0.15, -0.1) is 0 Å². The highest BCUT2D eigenvalue weighted by molar-refractivity contribution is 5.07. The zero-order chi connectivity index (χ0) is 12.9. The molecule has 0 radical (unpaired) electrons. The summed E-state index contributed by atoms with van der Waals surface area (Å²) in [5.41, 5.74) is 0.631. The Hall–Kier alpha value is -0.0800. The first kappa shape index (κ1) is 12.6. The first-order valence-electron chi connectivity index (χ1n) is 8.73. The van der Waals surface area contributed by atoms with Gasteiger partial charge in [-0.05, 0) is 88.3 Å². The van der Waals surface area contributed by atoms with Crippen molar-refractivity contribution in [3.8, 4) is 0 Å². The molecule has 1 N–H and O–H groups in total. The maximum Gasteiger partial charge on any atom is 0.0217 e. The number of nitrogens with one attached hydrogen (secondary N) is 1. The molecule has 108 valence electrons. The minimum absolute atomic E-state index is 0.631. The van der Waals surface area contributed by atoms with E-state index in [0.29, 0.717) is 5.54 Å². The van der Waals surface area contributed by atoms with Crippen LogP contribution >= 0.6 is 0 Å². The molecule has 0 aromatic heterocycles. The van der Waals surface area contributed by atoms with Gasteiger partial charge in [-0.25, -0.2) is 0 Å². The van der Waals surface area contributed by atoms with Gasteiger partial charge in [0, 0.05) is 12.1 Å². The van der Waals surface area contributed by atoms with Crippen LogP contribution in [0.2, 0.25) is 0 Å². The van der Waals surface area contributed by atoms with Gasteiger partial charge in [0.2, 0.25) is 0 Å². The lowest BCUT2D eigenvalue weighted by Gasteiger charge is -2.61. The highest BCUT2D eigenvalue weighted by Crippen LogP contribution is 2.57. The van der Waals surface area contributed by atoms with E-state index in [4.69, 9.17) is 0 Å². The van der Waals surface area contributed by atoms with E-state index in [1.165, 1.54) is 51.9 Å². The number of hydrogen-bond donors (Lipinski definition) is 1. The van der Waals surface area contributed by atoms with Gasteiger partial charge in [0.1, 0.15) is 0 Å². The van der Waals surface area contributed by atoms with Crippen molar-refractivity contribution in [1.82, 2.24) is 10.2 Å². The van der Waals surface area contributed by atoms with Crippen molar-refractivity contribution < 1.29 is 0 Å². The molecule has 2 heteroatoms. The van der Waals surface area contributed by atoms with Gasteiger partial charge in [-0.1, -0.05) is 6.92 Å². The predicted molar refractivity (Wildman–Crippen MR) is 79.1 cm³/mol. The number of rotatable bonds is 4. The van der Waals surface area contributed by atoms with Crippen LogP contribution in [0.3, 0.4) is 0 Å². The van der Waals surface area contributed by atoms with E-state index in [-0.39, 0.29) is 0 Å². The quantitative estimate of drug-likeness (QED) is 0.838. The molecular formula is C17H30N2. The Balaban J connectivity index is 1.51. The molecule has 0 amide bonds. The molecule has 4 bridgehead atoms. The van der Waals surface area contributed by atoms with Crippen molar-refractivity contribution in [1.29, 1.82) is 0 Å². The van der Waals surface area contributed by atoms with Crippen molar-refractivity contribution in [2.24, 2.45) is 23.7 Å². The molecule has 1 aliphatic heterocycles. The third kappa shape index (κ3) is 2.15. The molecule has 0 aromatic rings. The molecule has 19 heavy (non-hydrogen) atoms. The Morgan fingerprint density at radius 3 is 2.16 bits per heavy atom. The Labute approximate surface area is 118 Å². The van der Waals surface area contributed by atoms with Crippen LogP contribution in [0, 0.1) is 23.7 Å². The van der Waals surface area contributed by atoms with E-state index in [1.54, 1.807) is 19.3 Å². The Morgan fingerprint density at radius 2 is 1.68 bits per heavy atom. The standard InChI is InChI=1S/C17H30N2/c1-2-19(12-13-3-4-18-11-13)17-8-14-5-15(9-17)7-16(6-14)10-17/h13-16,18H,2-12H2,1H3. The predicted octanol–water partition coefficient (Wildman–Crippen LogP) is 2.89. The molecule has 1 heterocycles. The molecule has 0 aromatic carbocycles. The van der Waals surface area contributed by atoms with Crippen molar-refractivity contribution in [2.45, 2.75) is 57.4 Å². The second-order valence-electron chi connectivity index (χ2n) is 8.04. The maximum atomic E-state index is 3.55. The fraction of sp³-hybridized carbons (Fsp3) is 1.00. The van der Waals surface area contributed by atoms with E-state index in [0.717, 1.165) is 23.7 Å². The van der Waals surface area contributed by atoms with E-state index in [1.807, 2.05) is 0 Å². The Morgan fingerprint density at radius 1 is 1.05 bits per heavy atom. The van der Waals surface area contributed by atoms with Gasteiger partial charge in [0.25, 0.3) is 0 Å². The van der Waals surface area contributed by atoms with Crippen LogP contribution in [0.1, 0.15) is 51.9 Å². The van der Waals surface area contributed by atoms with Crippen molar-refractivity contribution >= 4 is 0 Å². The molecule has 2 nitrogen and oxygen atoms in total. The van der Waals surface area contributed by atoms with E-state index >= 15 is 0 Å². The molecule has 4 saturated carbocycles. The minimum atomic E-state index is 0.631. The fourth-order valence-electron chi connectivity index (χ4n) is 6.29. The molecular weight excluding hydrogens is 232 g/mol. The lowest BCUT2D eigenvalue weighted by atomic mass is 9.52. The molecule has 4 aliphatic carbocycles. The van der Waals surface area contributed by atoms with Crippen molar-refractivity contribution in [3.63, 3.8) is 0 Å². The van der Waals surface area contributed by atoms with Gasteiger partial charge in [-0.3, -0.25) is 4.90 Å². The fourth-order valence-corrected chi connectivity index (χ4v) is 6.29. The second-order valence-corrected chi connectivity index (χ2v) is 8.04. The van der Waals surface area contributed by atoms with E-state index in [9.17, 15) is 0 Å². The summed E-state index contributed by atoms with van der Waals surface area (Å²) in [6.45, 7) is 7.57. The third-order valence-corrected chi connectivity index (χ3v) is 6.70. The van der Waals surface area contributed by atoms with Gasteiger partial charge < -0.3 is 5.32 Å². The molecule has 5 fully saturated rings. The highest BCUT2D eigenvalue weighted by Gasteiger charge is 2.53. The summed E-state index contributed by atoms with van der Waals surface area (Å²) >= 11 is 0. The smallest absolute Gasteiger partial charge is 0.0217 e. The second kappa shape index (κ2) is 4.73. The normalized spacial score (nSPS) is 48.3. The third-order valence-electron chi connectivity index (χ3n) is 6.70. The van der Waals surface area contributed by atoms with Crippen LogP contribution < -0.4 is 5.32 Å². The summed E-state index contributed by atoms with van der Waals surface area (Å²) in [6, 6.07) is 0. The molecule has 1 atom stereocenters. The van der Waals surface area contributed by atoms with Crippen LogP contribution in [0.4, 0.5) is 0 Å². The summed E-state index contributed by atoms with van der Waals surface area (Å²) < 4.78 is 0. The van der Waals surface area contributed by atoms with E-state index < -0.39 is 0 Å². The van der Waals surface area contributed by atoms with E-state index in [2.05, 4.69) is 17.1 Å². The van der Waals surface area contributed by atoms with Crippen molar-refractivity contribution in [3.05, 3.63) is 0 Å². The van der Waals surface area contributed by atoms with Crippen LogP contribution in [0.25, 0.3) is 0 Å². The van der Waals surface area contributed by atoms with Crippen molar-refractivity contribution in [2.75, 3.05) is 26.2 Å². The first-order chi connectivity index (χ1) is 9.27. The van der Waals surface area contributed by atoms with Crippen LogP contribution in [-0.2, 0) is 0 Å². The average molecular weight is 262 g/mol. The molecule has 1 unspecified atom stereocenters. The lowest BCUT2D eigenvalue weighted by Crippen LogP contribution is -2.60. The summed E-state index contributed by atoms with van der Waals surface area (Å²) in [6.07, 6.45) is 10.7. The Kier molecular flexibility index (Phi) is 3.15. The molecule has 0 spiro atoms. The SMILES string of the molecule is CCN(CC1CCNC1)C12CC3CC(CC(C3)C1)C2. The Bertz CT molecular complexity index is 297. The molecule has 5 rings (SSSR count). The van der Waals surface area contributed by atoms with Gasteiger partial charge in [0.05, 0.1) is 0 Å². The summed E-state index contributed by atoms with van der Waals surface area (Å²) in [7, 11) is 0. The average Bonchev–Trinajstić information content (AvgIpc) is 2.87. The molecule has 1 saturated heterocycles. The maximum absolute atomic E-state index is 3.55. The minimum Gasteiger partial charge on any atom is -0.316 e. The monoisotopic (exact) mass is 262 g/mol. The first-order valence-corrected chi connectivity index (χ1v) is 8.73. The zero-order valence-corrected chi connectivity index (χ0v) is 12.5. The van der Waals surface area contributed by atoms with Gasteiger partial charge in [0.15, 0.2) is 0 Å². The van der Waals surface area contributed by atoms with Crippen LogP contribution in [-0.4, -0.2) is 36.6 Å². The topological polar surface area (TPSA) is 15.3 Å². The largest absolute Gasteiger partial charge is 0.316 e.